The van der Waals surface area contributed by atoms with Gasteiger partial charge in [0.1, 0.15) is 0 Å². The van der Waals surface area contributed by atoms with Gasteiger partial charge in [0, 0.05) is 66.1 Å². The van der Waals surface area contributed by atoms with Crippen molar-refractivity contribution in [1.82, 2.24) is 23.7 Å². The summed E-state index contributed by atoms with van der Waals surface area (Å²) in [5.74, 6) is 0.662. The SMILES string of the molecule is Cc1ccccc1-c1ccccc1CCCc1ccc(-c2ccc3c(c2)c2ccccc2n3-c2cccc(-c3cc(-c4ccccc4)nc(-c4cccc(-n5c6ccccc6c6cc(-n7c8ccccc8c8ccccc87)ccc65)c4)n3)c2)cc1. The highest BCUT2D eigenvalue weighted by molar-refractivity contribution is 6.13. The highest BCUT2D eigenvalue weighted by Crippen LogP contribution is 2.40. The molecule has 0 aliphatic rings. The molecule has 0 fully saturated rings. The molecule has 4 aromatic heterocycles. The predicted molar refractivity (Wildman–Crippen MR) is 355 cm³/mol. The molecule has 85 heavy (non-hydrogen) atoms. The van der Waals surface area contributed by atoms with Gasteiger partial charge in [-0.15, -0.1) is 0 Å². The monoisotopic (exact) mass is 1090 g/mol. The minimum atomic E-state index is 0.662. The molecular weight excluding hydrogens is 1030 g/mol. The average molecular weight is 1090 g/mol. The molecule has 5 nitrogen and oxygen atoms in total. The molecule has 0 N–H and O–H groups in total. The van der Waals surface area contributed by atoms with Crippen molar-refractivity contribution in [3.63, 3.8) is 0 Å². The van der Waals surface area contributed by atoms with Crippen LogP contribution in [0.1, 0.15) is 23.1 Å². The maximum atomic E-state index is 5.45. The molecule has 0 atom stereocenters. The predicted octanol–water partition coefficient (Wildman–Crippen LogP) is 20.6. The van der Waals surface area contributed by atoms with E-state index in [-0.39, 0.29) is 0 Å². The quantitative estimate of drug-likeness (QED) is 0.122. The lowest BCUT2D eigenvalue weighted by molar-refractivity contribution is 0.822. The number of para-hydroxylation sites is 4. The van der Waals surface area contributed by atoms with Gasteiger partial charge in [-0.2, -0.15) is 0 Å². The van der Waals surface area contributed by atoms with E-state index in [1.165, 1.54) is 82.3 Å². The smallest absolute Gasteiger partial charge is 0.160 e. The second kappa shape index (κ2) is 20.8. The van der Waals surface area contributed by atoms with E-state index in [1.54, 1.807) is 0 Å². The number of hydrogen-bond acceptors (Lipinski definition) is 2. The molecule has 0 aliphatic heterocycles. The van der Waals surface area contributed by atoms with Gasteiger partial charge < -0.3 is 13.7 Å². The molecule has 402 valence electrons. The fourth-order valence-electron chi connectivity index (χ4n) is 13.3. The van der Waals surface area contributed by atoms with Gasteiger partial charge in [0.2, 0.25) is 0 Å². The van der Waals surface area contributed by atoms with E-state index in [1.807, 2.05) is 0 Å². The van der Waals surface area contributed by atoms with Crippen LogP contribution in [0.2, 0.25) is 0 Å². The third-order valence-corrected chi connectivity index (χ3v) is 17.4. The molecular formula is C80H57N5. The second-order valence-electron chi connectivity index (χ2n) is 22.5. The summed E-state index contributed by atoms with van der Waals surface area (Å²) in [5, 5.41) is 7.33. The minimum absolute atomic E-state index is 0.662. The van der Waals surface area contributed by atoms with E-state index < -0.39 is 0 Å². The van der Waals surface area contributed by atoms with Gasteiger partial charge in [-0.05, 0) is 150 Å². The van der Waals surface area contributed by atoms with Gasteiger partial charge in [-0.25, -0.2) is 9.97 Å². The van der Waals surface area contributed by atoms with E-state index in [9.17, 15) is 0 Å². The van der Waals surface area contributed by atoms with Crippen LogP contribution in [-0.4, -0.2) is 23.7 Å². The Morgan fingerprint density at radius 1 is 0.282 bits per heavy atom. The molecule has 5 heteroatoms. The zero-order chi connectivity index (χ0) is 56.4. The van der Waals surface area contributed by atoms with Crippen molar-refractivity contribution in [3.8, 4) is 73.2 Å². The summed E-state index contributed by atoms with van der Waals surface area (Å²) in [4.78, 5) is 10.8. The number of fused-ring (bicyclic) bond motifs is 9. The zero-order valence-electron chi connectivity index (χ0n) is 47.1. The van der Waals surface area contributed by atoms with Gasteiger partial charge in [0.05, 0.1) is 44.5 Å². The van der Waals surface area contributed by atoms with Gasteiger partial charge >= 0.3 is 0 Å². The lowest BCUT2D eigenvalue weighted by Crippen LogP contribution is -1.99. The van der Waals surface area contributed by atoms with Crippen molar-refractivity contribution >= 4 is 65.4 Å². The third-order valence-electron chi connectivity index (χ3n) is 17.4. The fraction of sp³-hybridized carbons (Fsp3) is 0.0500. The van der Waals surface area contributed by atoms with Gasteiger partial charge in [0.15, 0.2) is 5.82 Å². The zero-order valence-corrected chi connectivity index (χ0v) is 47.1. The minimum Gasteiger partial charge on any atom is -0.309 e. The Balaban J connectivity index is 0.731. The second-order valence-corrected chi connectivity index (χ2v) is 22.5. The van der Waals surface area contributed by atoms with Crippen LogP contribution in [0, 0.1) is 6.92 Å². The average Bonchev–Trinajstić information content (AvgIpc) is 2.43. The van der Waals surface area contributed by atoms with E-state index in [0.717, 1.165) is 86.5 Å². The molecule has 0 spiro atoms. The molecule has 16 aromatic rings. The Labute approximate surface area is 493 Å². The molecule has 4 heterocycles. The summed E-state index contributed by atoms with van der Waals surface area (Å²) in [6, 6.07) is 106. The standard InChI is InChI=1S/C80H57N5/c1-53-20-5-7-30-64(53)65-31-8-6-22-56(65)25-17-21-54-40-42-55(43-41-54)58-44-46-78-70(50-58)68-34-11-15-38-76(68)83(78)61-28-18-26-59(48-61)73-52-72(57-23-3-2-4-24-57)81-80(82-73)60-27-19-29-62(49-60)84-77-39-16-12-35-69(77)71-51-63(45-47-79(71)84)85-74-36-13-9-32-66(74)67-33-10-14-37-75(67)85/h2-16,18-20,22-24,26-52H,17,21,25H2,1H3. The van der Waals surface area contributed by atoms with Crippen molar-refractivity contribution in [2.45, 2.75) is 26.2 Å². The van der Waals surface area contributed by atoms with Gasteiger partial charge in [-0.1, -0.05) is 206 Å². The summed E-state index contributed by atoms with van der Waals surface area (Å²) in [5.41, 5.74) is 24.1. The van der Waals surface area contributed by atoms with Crippen LogP contribution in [0.15, 0.2) is 291 Å². The highest BCUT2D eigenvalue weighted by atomic mass is 15.0. The molecule has 12 aromatic carbocycles. The molecule has 0 radical (unpaired) electrons. The Bertz CT molecular complexity index is 5180. The van der Waals surface area contributed by atoms with Crippen molar-refractivity contribution in [2.24, 2.45) is 0 Å². The van der Waals surface area contributed by atoms with E-state index in [4.69, 9.17) is 9.97 Å². The molecule has 0 amide bonds. The Morgan fingerprint density at radius 3 is 1.38 bits per heavy atom. The lowest BCUT2D eigenvalue weighted by Gasteiger charge is -2.14. The first-order valence-electron chi connectivity index (χ1n) is 29.5. The molecule has 0 unspecified atom stereocenters. The third kappa shape index (κ3) is 8.79. The first-order chi connectivity index (χ1) is 42.1. The van der Waals surface area contributed by atoms with Crippen LogP contribution in [0.3, 0.4) is 0 Å². The van der Waals surface area contributed by atoms with Crippen LogP contribution < -0.4 is 0 Å². The number of hydrogen-bond donors (Lipinski definition) is 0. The Morgan fingerprint density at radius 2 is 0.741 bits per heavy atom. The molecule has 0 bridgehead atoms. The van der Waals surface area contributed by atoms with E-state index in [2.05, 4.69) is 312 Å². The van der Waals surface area contributed by atoms with E-state index in [0.29, 0.717) is 5.82 Å². The van der Waals surface area contributed by atoms with Crippen LogP contribution in [0.4, 0.5) is 0 Å². The Hall–Kier alpha value is -10.9. The maximum Gasteiger partial charge on any atom is 0.160 e. The first kappa shape index (κ1) is 49.9. The number of aryl methyl sites for hydroxylation is 3. The maximum absolute atomic E-state index is 5.45. The number of aromatic nitrogens is 5. The van der Waals surface area contributed by atoms with Crippen LogP contribution in [0.5, 0.6) is 0 Å². The van der Waals surface area contributed by atoms with E-state index >= 15 is 0 Å². The van der Waals surface area contributed by atoms with Crippen molar-refractivity contribution < 1.29 is 0 Å². The largest absolute Gasteiger partial charge is 0.309 e. The van der Waals surface area contributed by atoms with Crippen molar-refractivity contribution in [3.05, 3.63) is 308 Å². The summed E-state index contributed by atoms with van der Waals surface area (Å²) in [6.45, 7) is 2.20. The summed E-state index contributed by atoms with van der Waals surface area (Å²) in [7, 11) is 0. The number of nitrogens with zero attached hydrogens (tertiary/aromatic N) is 5. The summed E-state index contributed by atoms with van der Waals surface area (Å²) in [6.07, 6.45) is 3.16. The molecule has 16 rings (SSSR count). The van der Waals surface area contributed by atoms with Gasteiger partial charge in [-0.3, -0.25) is 0 Å². The van der Waals surface area contributed by atoms with Gasteiger partial charge in [0.25, 0.3) is 0 Å². The molecule has 0 saturated heterocycles. The fourth-order valence-corrected chi connectivity index (χ4v) is 13.3. The molecule has 0 saturated carbocycles. The summed E-state index contributed by atoms with van der Waals surface area (Å²) < 4.78 is 7.19. The number of rotatable bonds is 12. The normalized spacial score (nSPS) is 11.7. The van der Waals surface area contributed by atoms with Crippen molar-refractivity contribution in [2.75, 3.05) is 0 Å². The molecule has 0 aliphatic carbocycles. The topological polar surface area (TPSA) is 40.6 Å². The van der Waals surface area contributed by atoms with Crippen LogP contribution in [0.25, 0.3) is 139 Å². The first-order valence-corrected chi connectivity index (χ1v) is 29.5. The number of benzene rings is 12. The van der Waals surface area contributed by atoms with Crippen molar-refractivity contribution in [1.29, 1.82) is 0 Å². The Kier molecular flexibility index (Phi) is 12.2. The van der Waals surface area contributed by atoms with Crippen LogP contribution >= 0.6 is 0 Å². The van der Waals surface area contributed by atoms with Crippen LogP contribution in [-0.2, 0) is 12.8 Å². The summed E-state index contributed by atoms with van der Waals surface area (Å²) >= 11 is 0. The lowest BCUT2D eigenvalue weighted by atomic mass is 9.93. The highest BCUT2D eigenvalue weighted by Gasteiger charge is 2.20.